The summed E-state index contributed by atoms with van der Waals surface area (Å²) in [6, 6.07) is 5.48. The van der Waals surface area contributed by atoms with Crippen molar-refractivity contribution in [3.63, 3.8) is 0 Å². The van der Waals surface area contributed by atoms with E-state index in [-0.39, 0.29) is 5.75 Å². The number of hydrogen-bond donors (Lipinski definition) is 2. The maximum absolute atomic E-state index is 9.63. The molecule has 0 amide bonds. The summed E-state index contributed by atoms with van der Waals surface area (Å²) in [5, 5.41) is 9.63. The van der Waals surface area contributed by atoms with E-state index >= 15 is 0 Å². The van der Waals surface area contributed by atoms with Crippen molar-refractivity contribution in [1.29, 1.82) is 0 Å². The highest BCUT2D eigenvalue weighted by atomic mass is 79.9. The number of aromatic hydroxyl groups is 1. The second-order valence-corrected chi connectivity index (χ2v) is 4.53. The zero-order valence-electron chi connectivity index (χ0n) is 9.21. The van der Waals surface area contributed by atoms with Gasteiger partial charge in [0.2, 0.25) is 0 Å². The number of aryl methyl sites for hydroxylation is 2. The van der Waals surface area contributed by atoms with Gasteiger partial charge in [0.25, 0.3) is 0 Å². The monoisotopic (exact) mass is 280 g/mol. The Morgan fingerprint density at radius 3 is 2.75 bits per heavy atom. The first kappa shape index (κ1) is 11.2. The summed E-state index contributed by atoms with van der Waals surface area (Å²) in [5.41, 5.74) is 2.85. The van der Waals surface area contributed by atoms with Crippen LogP contribution in [0.5, 0.6) is 5.75 Å². The van der Waals surface area contributed by atoms with Crippen LogP contribution in [-0.2, 0) is 6.42 Å². The van der Waals surface area contributed by atoms with Crippen LogP contribution in [0.2, 0.25) is 0 Å². The predicted molar refractivity (Wildman–Crippen MR) is 67.5 cm³/mol. The van der Waals surface area contributed by atoms with E-state index in [1.807, 2.05) is 19.1 Å². The van der Waals surface area contributed by atoms with Crippen molar-refractivity contribution in [1.82, 2.24) is 9.97 Å². The predicted octanol–water partition coefficient (Wildman–Crippen LogP) is 3.42. The number of nitrogens with zero attached hydrogens (tertiary/aromatic N) is 1. The van der Waals surface area contributed by atoms with Gasteiger partial charge in [-0.3, -0.25) is 0 Å². The number of aromatic amines is 1. The van der Waals surface area contributed by atoms with Crippen molar-refractivity contribution >= 4 is 15.9 Å². The number of benzene rings is 1. The SMILES string of the molecule is CCc1nc(-c2ccc(Br)c(O)c2)c(C)[nH]1. The van der Waals surface area contributed by atoms with Crippen LogP contribution in [0.3, 0.4) is 0 Å². The zero-order chi connectivity index (χ0) is 11.7. The molecule has 0 aliphatic heterocycles. The van der Waals surface area contributed by atoms with Gasteiger partial charge in [0.15, 0.2) is 0 Å². The lowest BCUT2D eigenvalue weighted by Crippen LogP contribution is -1.82. The van der Waals surface area contributed by atoms with Gasteiger partial charge in [-0.2, -0.15) is 0 Å². The Morgan fingerprint density at radius 2 is 2.19 bits per heavy atom. The van der Waals surface area contributed by atoms with Crippen LogP contribution < -0.4 is 0 Å². The van der Waals surface area contributed by atoms with E-state index in [1.165, 1.54) is 0 Å². The molecular formula is C12H13BrN2O. The van der Waals surface area contributed by atoms with Crippen LogP contribution in [0.1, 0.15) is 18.4 Å². The van der Waals surface area contributed by atoms with Crippen molar-refractivity contribution in [3.8, 4) is 17.0 Å². The minimum absolute atomic E-state index is 0.234. The molecule has 16 heavy (non-hydrogen) atoms. The van der Waals surface area contributed by atoms with Crippen LogP contribution in [0, 0.1) is 6.92 Å². The molecule has 0 spiro atoms. The molecule has 0 fully saturated rings. The molecule has 0 radical (unpaired) electrons. The summed E-state index contributed by atoms with van der Waals surface area (Å²) in [7, 11) is 0. The van der Waals surface area contributed by atoms with Gasteiger partial charge in [0, 0.05) is 17.7 Å². The van der Waals surface area contributed by atoms with Crippen LogP contribution in [0.25, 0.3) is 11.3 Å². The summed E-state index contributed by atoms with van der Waals surface area (Å²) in [6.45, 7) is 4.04. The molecule has 0 atom stereocenters. The van der Waals surface area contributed by atoms with Crippen LogP contribution in [0.4, 0.5) is 0 Å². The van der Waals surface area contributed by atoms with Gasteiger partial charge in [0.1, 0.15) is 11.6 Å². The number of nitrogens with one attached hydrogen (secondary N) is 1. The minimum Gasteiger partial charge on any atom is -0.507 e. The van der Waals surface area contributed by atoms with Gasteiger partial charge < -0.3 is 10.1 Å². The van der Waals surface area contributed by atoms with E-state index < -0.39 is 0 Å². The smallest absolute Gasteiger partial charge is 0.130 e. The minimum atomic E-state index is 0.234. The van der Waals surface area contributed by atoms with Crippen LogP contribution >= 0.6 is 15.9 Å². The van der Waals surface area contributed by atoms with E-state index in [2.05, 4.69) is 32.8 Å². The van der Waals surface area contributed by atoms with Crippen molar-refractivity contribution in [2.75, 3.05) is 0 Å². The average molecular weight is 281 g/mol. The third-order valence-electron chi connectivity index (χ3n) is 2.49. The summed E-state index contributed by atoms with van der Waals surface area (Å²) in [6.07, 6.45) is 0.878. The first-order valence-corrected chi connectivity index (χ1v) is 5.95. The number of aromatic nitrogens is 2. The Kier molecular flexibility index (Phi) is 3.01. The van der Waals surface area contributed by atoms with Crippen molar-refractivity contribution in [2.24, 2.45) is 0 Å². The molecule has 0 aliphatic rings. The average Bonchev–Trinajstić information content (AvgIpc) is 2.64. The second-order valence-electron chi connectivity index (χ2n) is 3.68. The lowest BCUT2D eigenvalue weighted by atomic mass is 10.1. The Balaban J connectivity index is 2.49. The molecule has 2 aromatic rings. The van der Waals surface area contributed by atoms with E-state index in [0.29, 0.717) is 4.47 Å². The van der Waals surface area contributed by atoms with E-state index in [4.69, 9.17) is 0 Å². The van der Waals surface area contributed by atoms with E-state index in [0.717, 1.165) is 29.2 Å². The maximum Gasteiger partial charge on any atom is 0.130 e. The van der Waals surface area contributed by atoms with Gasteiger partial charge in [-0.05, 0) is 35.0 Å². The molecule has 1 heterocycles. The number of rotatable bonds is 2. The Labute approximate surface area is 103 Å². The van der Waals surface area contributed by atoms with Crippen molar-refractivity contribution in [2.45, 2.75) is 20.3 Å². The molecule has 2 rings (SSSR count). The lowest BCUT2D eigenvalue weighted by molar-refractivity contribution is 0.472. The first-order chi connectivity index (χ1) is 7.61. The highest BCUT2D eigenvalue weighted by Gasteiger charge is 2.09. The summed E-state index contributed by atoms with van der Waals surface area (Å²) >= 11 is 3.26. The van der Waals surface area contributed by atoms with E-state index in [1.54, 1.807) is 6.07 Å². The fourth-order valence-corrected chi connectivity index (χ4v) is 1.88. The van der Waals surface area contributed by atoms with Crippen LogP contribution in [-0.4, -0.2) is 15.1 Å². The lowest BCUT2D eigenvalue weighted by Gasteiger charge is -2.01. The Morgan fingerprint density at radius 1 is 1.44 bits per heavy atom. The summed E-state index contributed by atoms with van der Waals surface area (Å²) in [5.74, 6) is 1.20. The maximum atomic E-state index is 9.63. The van der Waals surface area contributed by atoms with Crippen LogP contribution in [0.15, 0.2) is 22.7 Å². The molecule has 0 saturated carbocycles. The third kappa shape index (κ3) is 1.97. The van der Waals surface area contributed by atoms with Gasteiger partial charge in [-0.25, -0.2) is 4.98 Å². The van der Waals surface area contributed by atoms with Gasteiger partial charge in [-0.15, -0.1) is 0 Å². The molecule has 84 valence electrons. The highest BCUT2D eigenvalue weighted by molar-refractivity contribution is 9.10. The number of halogens is 1. The van der Waals surface area contributed by atoms with Gasteiger partial charge in [-0.1, -0.05) is 13.0 Å². The molecule has 0 bridgehead atoms. The largest absolute Gasteiger partial charge is 0.507 e. The number of imidazole rings is 1. The van der Waals surface area contributed by atoms with Crippen molar-refractivity contribution < 1.29 is 5.11 Å². The third-order valence-corrected chi connectivity index (χ3v) is 3.16. The molecule has 4 heteroatoms. The molecule has 0 aliphatic carbocycles. The van der Waals surface area contributed by atoms with E-state index in [9.17, 15) is 5.11 Å². The number of phenolic OH excluding ortho intramolecular Hbond substituents is 1. The first-order valence-electron chi connectivity index (χ1n) is 5.16. The zero-order valence-corrected chi connectivity index (χ0v) is 10.8. The topological polar surface area (TPSA) is 48.9 Å². The number of hydrogen-bond acceptors (Lipinski definition) is 2. The van der Waals surface area contributed by atoms with Crippen molar-refractivity contribution in [3.05, 3.63) is 34.2 Å². The Bertz CT molecular complexity index is 520. The Hall–Kier alpha value is -1.29. The molecule has 3 nitrogen and oxygen atoms in total. The molecule has 2 N–H and O–H groups in total. The molecule has 0 unspecified atom stereocenters. The van der Waals surface area contributed by atoms with Gasteiger partial charge in [0.05, 0.1) is 10.2 Å². The standard InChI is InChI=1S/C12H13BrN2O/c1-3-11-14-7(2)12(15-11)8-4-5-9(13)10(16)6-8/h4-6,16H,3H2,1-2H3,(H,14,15). The number of phenols is 1. The molecule has 0 saturated heterocycles. The molecule has 1 aromatic heterocycles. The summed E-state index contributed by atoms with van der Waals surface area (Å²) in [4.78, 5) is 7.71. The molecular weight excluding hydrogens is 268 g/mol. The fraction of sp³-hybridized carbons (Fsp3) is 0.250. The number of H-pyrrole nitrogens is 1. The normalized spacial score (nSPS) is 10.7. The summed E-state index contributed by atoms with van der Waals surface area (Å²) < 4.78 is 0.695. The molecule has 1 aromatic carbocycles. The fourth-order valence-electron chi connectivity index (χ4n) is 1.63. The highest BCUT2D eigenvalue weighted by Crippen LogP contribution is 2.30. The van der Waals surface area contributed by atoms with Gasteiger partial charge >= 0.3 is 0 Å². The quantitative estimate of drug-likeness (QED) is 0.886. The second kappa shape index (κ2) is 4.29.